The summed E-state index contributed by atoms with van der Waals surface area (Å²) >= 11 is 7.05. The maximum atomic E-state index is 5.21. The zero-order chi connectivity index (χ0) is 13.1. The lowest BCUT2D eigenvalue weighted by atomic mass is 10.2. The molecule has 0 unspecified atom stereocenters. The molecule has 6 heteroatoms. The SMILES string of the molecule is CC(C)SCc1nc(=S)cc(-c2cnn(C)c2)[nH]1. The molecule has 0 fully saturated rings. The standard InChI is InChI=1S/C12H16N4S2/c1-8(2)18-7-11-14-10(4-12(17)15-11)9-5-13-16(3)6-9/h4-6,8H,7H2,1-3H3,(H,14,15,17). The molecule has 1 N–H and O–H groups in total. The van der Waals surface area contributed by atoms with Gasteiger partial charge in [-0.3, -0.25) is 4.68 Å². The van der Waals surface area contributed by atoms with E-state index in [1.165, 1.54) is 0 Å². The number of H-pyrrole nitrogens is 1. The van der Waals surface area contributed by atoms with Crippen LogP contribution in [0.1, 0.15) is 19.7 Å². The highest BCUT2D eigenvalue weighted by Gasteiger charge is 2.05. The minimum absolute atomic E-state index is 0.579. The van der Waals surface area contributed by atoms with E-state index in [1.54, 1.807) is 4.68 Å². The maximum Gasteiger partial charge on any atom is 0.130 e. The van der Waals surface area contributed by atoms with Gasteiger partial charge in [0.1, 0.15) is 10.5 Å². The summed E-state index contributed by atoms with van der Waals surface area (Å²) in [4.78, 5) is 7.67. The summed E-state index contributed by atoms with van der Waals surface area (Å²) in [5, 5.41) is 4.74. The van der Waals surface area contributed by atoms with Crippen LogP contribution in [0.25, 0.3) is 11.3 Å². The molecule has 0 aliphatic rings. The fourth-order valence-electron chi connectivity index (χ4n) is 1.54. The van der Waals surface area contributed by atoms with Crippen molar-refractivity contribution >= 4 is 24.0 Å². The second-order valence-corrected chi connectivity index (χ2v) is 6.33. The highest BCUT2D eigenvalue weighted by molar-refractivity contribution is 7.99. The zero-order valence-electron chi connectivity index (χ0n) is 10.7. The van der Waals surface area contributed by atoms with Gasteiger partial charge in [0.2, 0.25) is 0 Å². The van der Waals surface area contributed by atoms with Crippen molar-refractivity contribution in [2.24, 2.45) is 7.05 Å². The zero-order valence-corrected chi connectivity index (χ0v) is 12.3. The molecule has 2 aromatic rings. The van der Waals surface area contributed by atoms with E-state index in [9.17, 15) is 0 Å². The lowest BCUT2D eigenvalue weighted by molar-refractivity contribution is 0.768. The van der Waals surface area contributed by atoms with Crippen LogP contribution in [-0.4, -0.2) is 25.0 Å². The van der Waals surface area contributed by atoms with Crippen molar-refractivity contribution in [1.82, 2.24) is 19.7 Å². The summed E-state index contributed by atoms with van der Waals surface area (Å²) in [6.45, 7) is 4.34. The van der Waals surface area contributed by atoms with Crippen LogP contribution < -0.4 is 0 Å². The highest BCUT2D eigenvalue weighted by atomic mass is 32.2. The third-order valence-corrected chi connectivity index (χ3v) is 3.68. The summed E-state index contributed by atoms with van der Waals surface area (Å²) in [5.41, 5.74) is 2.00. The fourth-order valence-corrected chi connectivity index (χ4v) is 2.39. The Labute approximate surface area is 116 Å². The second-order valence-electron chi connectivity index (χ2n) is 4.34. The minimum Gasteiger partial charge on any atom is -0.342 e. The summed E-state index contributed by atoms with van der Waals surface area (Å²) in [7, 11) is 1.90. The van der Waals surface area contributed by atoms with Gasteiger partial charge in [-0.05, 0) is 11.3 Å². The van der Waals surface area contributed by atoms with E-state index in [1.807, 2.05) is 37.3 Å². The van der Waals surface area contributed by atoms with Crippen LogP contribution in [0, 0.1) is 4.64 Å². The van der Waals surface area contributed by atoms with E-state index in [0.29, 0.717) is 9.89 Å². The van der Waals surface area contributed by atoms with Gasteiger partial charge >= 0.3 is 0 Å². The van der Waals surface area contributed by atoms with Crippen LogP contribution in [0.2, 0.25) is 0 Å². The number of rotatable bonds is 4. The molecule has 2 aromatic heterocycles. The summed E-state index contributed by atoms with van der Waals surface area (Å²) in [6, 6.07) is 1.87. The molecule has 0 spiro atoms. The number of hydrogen-bond acceptors (Lipinski definition) is 4. The molecule has 0 amide bonds. The van der Waals surface area contributed by atoms with Crippen molar-refractivity contribution < 1.29 is 0 Å². The fraction of sp³-hybridized carbons (Fsp3) is 0.417. The van der Waals surface area contributed by atoms with Gasteiger partial charge < -0.3 is 4.98 Å². The van der Waals surface area contributed by atoms with Crippen LogP contribution in [0.4, 0.5) is 0 Å². The smallest absolute Gasteiger partial charge is 0.130 e. The molecule has 96 valence electrons. The normalized spacial score (nSPS) is 11.1. The Bertz CT molecular complexity index is 586. The number of aryl methyl sites for hydroxylation is 1. The summed E-state index contributed by atoms with van der Waals surface area (Å²) in [5.74, 6) is 1.76. The first-order valence-corrected chi connectivity index (χ1v) is 7.21. The Morgan fingerprint density at radius 1 is 1.50 bits per heavy atom. The lowest BCUT2D eigenvalue weighted by Crippen LogP contribution is -1.97. The van der Waals surface area contributed by atoms with Crippen LogP contribution >= 0.6 is 24.0 Å². The van der Waals surface area contributed by atoms with E-state index in [4.69, 9.17) is 12.2 Å². The third-order valence-electron chi connectivity index (χ3n) is 2.36. The number of thioether (sulfide) groups is 1. The minimum atomic E-state index is 0.579. The number of aromatic nitrogens is 4. The average Bonchev–Trinajstić information content (AvgIpc) is 2.72. The highest BCUT2D eigenvalue weighted by Crippen LogP contribution is 2.19. The van der Waals surface area contributed by atoms with Crippen molar-refractivity contribution in [3.8, 4) is 11.3 Å². The molecule has 2 rings (SSSR count). The number of nitrogens with zero attached hydrogens (tertiary/aromatic N) is 3. The second kappa shape index (κ2) is 5.67. The molecule has 0 saturated heterocycles. The third kappa shape index (κ3) is 3.43. The van der Waals surface area contributed by atoms with Crippen LogP contribution in [0.15, 0.2) is 18.5 Å². The Morgan fingerprint density at radius 3 is 2.89 bits per heavy atom. The van der Waals surface area contributed by atoms with Crippen LogP contribution in [-0.2, 0) is 12.8 Å². The number of aromatic amines is 1. The maximum absolute atomic E-state index is 5.21. The van der Waals surface area contributed by atoms with Gasteiger partial charge in [-0.1, -0.05) is 26.1 Å². The van der Waals surface area contributed by atoms with Crippen molar-refractivity contribution in [2.75, 3.05) is 0 Å². The van der Waals surface area contributed by atoms with Gasteiger partial charge in [0, 0.05) is 18.8 Å². The Hall–Kier alpha value is -1.14. The molecule has 0 aromatic carbocycles. The quantitative estimate of drug-likeness (QED) is 0.874. The molecule has 4 nitrogen and oxygen atoms in total. The molecule has 0 atom stereocenters. The molecule has 0 saturated carbocycles. The molecule has 0 aliphatic heterocycles. The monoisotopic (exact) mass is 280 g/mol. The molecular weight excluding hydrogens is 264 g/mol. The molecule has 0 bridgehead atoms. The van der Waals surface area contributed by atoms with E-state index in [2.05, 4.69) is 28.9 Å². The predicted molar refractivity (Wildman–Crippen MR) is 78.1 cm³/mol. The van der Waals surface area contributed by atoms with Crippen molar-refractivity contribution in [3.63, 3.8) is 0 Å². The van der Waals surface area contributed by atoms with Gasteiger partial charge in [0.15, 0.2) is 0 Å². The Balaban J connectivity index is 2.29. The average molecular weight is 280 g/mol. The lowest BCUT2D eigenvalue weighted by Gasteiger charge is -2.06. The van der Waals surface area contributed by atoms with Gasteiger partial charge in [0.25, 0.3) is 0 Å². The van der Waals surface area contributed by atoms with Crippen LogP contribution in [0.5, 0.6) is 0 Å². The topological polar surface area (TPSA) is 46.5 Å². The van der Waals surface area contributed by atoms with Crippen molar-refractivity contribution in [3.05, 3.63) is 28.9 Å². The van der Waals surface area contributed by atoms with Gasteiger partial charge in [0.05, 0.1) is 17.6 Å². The molecular formula is C12H16N4S2. The van der Waals surface area contributed by atoms with Gasteiger partial charge in [-0.15, -0.1) is 0 Å². The number of nitrogens with one attached hydrogen (secondary N) is 1. The summed E-state index contributed by atoms with van der Waals surface area (Å²) < 4.78 is 2.39. The Morgan fingerprint density at radius 2 is 2.28 bits per heavy atom. The molecule has 18 heavy (non-hydrogen) atoms. The first-order valence-electron chi connectivity index (χ1n) is 5.75. The number of hydrogen-bond donors (Lipinski definition) is 1. The predicted octanol–water partition coefficient (Wildman–Crippen LogP) is 3.18. The largest absolute Gasteiger partial charge is 0.342 e. The first kappa shape index (κ1) is 13.3. The van der Waals surface area contributed by atoms with E-state index in [-0.39, 0.29) is 0 Å². The van der Waals surface area contributed by atoms with E-state index in [0.717, 1.165) is 22.8 Å². The molecule has 0 radical (unpaired) electrons. The summed E-state index contributed by atoms with van der Waals surface area (Å²) in [6.07, 6.45) is 3.78. The molecule has 2 heterocycles. The van der Waals surface area contributed by atoms with E-state index >= 15 is 0 Å². The van der Waals surface area contributed by atoms with Crippen LogP contribution in [0.3, 0.4) is 0 Å². The Kier molecular flexibility index (Phi) is 4.19. The first-order chi connectivity index (χ1) is 8.54. The van der Waals surface area contributed by atoms with Gasteiger partial charge in [-0.2, -0.15) is 16.9 Å². The van der Waals surface area contributed by atoms with Gasteiger partial charge in [-0.25, -0.2) is 4.98 Å². The van der Waals surface area contributed by atoms with Crippen molar-refractivity contribution in [1.29, 1.82) is 0 Å². The van der Waals surface area contributed by atoms with Crippen molar-refractivity contribution in [2.45, 2.75) is 24.9 Å². The van der Waals surface area contributed by atoms with E-state index < -0.39 is 0 Å². The molecule has 0 aliphatic carbocycles.